The highest BCUT2D eigenvalue weighted by molar-refractivity contribution is 6.74. The fourth-order valence-electron chi connectivity index (χ4n) is 9.19. The number of rotatable bonds is 1. The standard InChI is InChI=1S/C23H26ClFO6/c1-20(2)12-6-9-8-5-10(25)14-15(24)16(27)17(28)18(29)22(14,4)13(8)11(26)7-21(9,3)23(12,20)19(30)31/h8-13,26H,5-7H2,1-4H3,(H,30,31)/t8-,9-,10-,11-,12-,13+,21-,22+,23+/m0/s1. The molecule has 0 aromatic heterocycles. The number of halogens is 2. The van der Waals surface area contributed by atoms with E-state index >= 15 is 4.39 Å². The van der Waals surface area contributed by atoms with Crippen LogP contribution >= 0.6 is 11.6 Å². The third-order valence-electron chi connectivity index (χ3n) is 10.2. The molecule has 0 heterocycles. The van der Waals surface area contributed by atoms with Gasteiger partial charge in [-0.05, 0) is 54.8 Å². The van der Waals surface area contributed by atoms with Gasteiger partial charge in [-0.2, -0.15) is 0 Å². The summed E-state index contributed by atoms with van der Waals surface area (Å²) in [6.07, 6.45) is -2.18. The van der Waals surface area contributed by atoms with Crippen LogP contribution in [0.1, 0.15) is 47.0 Å². The van der Waals surface area contributed by atoms with Gasteiger partial charge in [0, 0.05) is 11.5 Å². The molecule has 0 unspecified atom stereocenters. The second kappa shape index (κ2) is 5.66. The number of ketones is 3. The number of carbonyl (C=O) groups is 4. The molecule has 0 aliphatic heterocycles. The summed E-state index contributed by atoms with van der Waals surface area (Å²) in [4.78, 5) is 50.1. The molecule has 31 heavy (non-hydrogen) atoms. The van der Waals surface area contributed by atoms with Gasteiger partial charge in [0.1, 0.15) is 6.17 Å². The molecule has 0 amide bonds. The topological polar surface area (TPSA) is 109 Å². The summed E-state index contributed by atoms with van der Waals surface area (Å²) in [6, 6.07) is 0. The molecule has 5 rings (SSSR count). The largest absolute Gasteiger partial charge is 0.481 e. The summed E-state index contributed by atoms with van der Waals surface area (Å²) in [5.74, 6) is -5.99. The lowest BCUT2D eigenvalue weighted by atomic mass is 9.43. The van der Waals surface area contributed by atoms with Crippen molar-refractivity contribution < 1.29 is 33.8 Å². The maximum Gasteiger partial charge on any atom is 0.311 e. The number of allylic oxidation sites excluding steroid dienone is 1. The number of aliphatic hydroxyl groups excluding tert-OH is 1. The predicted molar refractivity (Wildman–Crippen MR) is 107 cm³/mol. The van der Waals surface area contributed by atoms with E-state index in [9.17, 15) is 29.4 Å². The number of aliphatic hydroxyl groups is 1. The molecule has 0 aromatic rings. The van der Waals surface area contributed by atoms with Crippen molar-refractivity contribution in [1.29, 1.82) is 0 Å². The summed E-state index contributed by atoms with van der Waals surface area (Å²) < 4.78 is 15.5. The van der Waals surface area contributed by atoms with Gasteiger partial charge in [0.25, 0.3) is 5.78 Å². The van der Waals surface area contributed by atoms with E-state index in [0.29, 0.717) is 6.42 Å². The normalized spacial score (nSPS) is 52.3. The van der Waals surface area contributed by atoms with Crippen LogP contribution in [0.5, 0.6) is 0 Å². The molecule has 2 N–H and O–H groups in total. The Hall–Kier alpha value is -1.60. The van der Waals surface area contributed by atoms with E-state index in [-0.39, 0.29) is 30.3 Å². The maximum absolute atomic E-state index is 15.5. The minimum absolute atomic E-state index is 0.0548. The lowest BCUT2D eigenvalue weighted by molar-refractivity contribution is -0.178. The number of fused-ring (bicyclic) bond motifs is 7. The van der Waals surface area contributed by atoms with Crippen molar-refractivity contribution in [3.8, 4) is 0 Å². The fraction of sp³-hybridized carbons (Fsp3) is 0.739. The Morgan fingerprint density at radius 2 is 1.71 bits per heavy atom. The first kappa shape index (κ1) is 21.3. The van der Waals surface area contributed by atoms with Gasteiger partial charge in [-0.25, -0.2) is 4.39 Å². The monoisotopic (exact) mass is 452 g/mol. The number of alkyl halides is 1. The third kappa shape index (κ3) is 1.93. The molecular formula is C23H26ClFO6. The second-order valence-electron chi connectivity index (χ2n) is 11.2. The van der Waals surface area contributed by atoms with E-state index < -0.39 is 74.1 Å². The molecule has 8 heteroatoms. The molecule has 0 saturated heterocycles. The minimum Gasteiger partial charge on any atom is -0.481 e. The summed E-state index contributed by atoms with van der Waals surface area (Å²) in [7, 11) is 0. The molecular weight excluding hydrogens is 427 g/mol. The first-order chi connectivity index (χ1) is 14.2. The van der Waals surface area contributed by atoms with Gasteiger partial charge in [0.2, 0.25) is 11.6 Å². The Bertz CT molecular complexity index is 1020. The first-order valence-corrected chi connectivity index (χ1v) is 11.2. The number of hydrogen-bond donors (Lipinski definition) is 2. The molecule has 0 radical (unpaired) electrons. The van der Waals surface area contributed by atoms with E-state index in [1.165, 1.54) is 6.92 Å². The number of Topliss-reactive ketones (excluding diaryl/α,β-unsaturated/α-hetero) is 3. The Balaban J connectivity index is 1.67. The van der Waals surface area contributed by atoms with Crippen molar-refractivity contribution in [2.45, 2.75) is 59.2 Å². The van der Waals surface area contributed by atoms with Gasteiger partial charge in [-0.3, -0.25) is 19.2 Å². The number of hydrogen-bond acceptors (Lipinski definition) is 5. The minimum atomic E-state index is -1.71. The van der Waals surface area contributed by atoms with Crippen LogP contribution in [-0.2, 0) is 19.2 Å². The number of carboxylic acids is 1. The Labute approximate surface area is 184 Å². The van der Waals surface area contributed by atoms with Gasteiger partial charge in [-0.1, -0.05) is 32.4 Å². The zero-order chi connectivity index (χ0) is 23.0. The van der Waals surface area contributed by atoms with Gasteiger partial charge >= 0.3 is 5.97 Å². The zero-order valence-corrected chi connectivity index (χ0v) is 18.6. The van der Waals surface area contributed by atoms with Crippen molar-refractivity contribution in [2.24, 2.45) is 45.3 Å². The van der Waals surface area contributed by atoms with Gasteiger partial charge < -0.3 is 10.2 Å². The summed E-state index contributed by atoms with van der Waals surface area (Å²) in [5, 5.41) is 21.0. The van der Waals surface area contributed by atoms with Gasteiger partial charge in [0.05, 0.1) is 22.0 Å². The smallest absolute Gasteiger partial charge is 0.311 e. The summed E-state index contributed by atoms with van der Waals surface area (Å²) >= 11 is 6.09. The second-order valence-corrected chi connectivity index (χ2v) is 11.6. The molecule has 168 valence electrons. The Kier molecular flexibility index (Phi) is 3.88. The summed E-state index contributed by atoms with van der Waals surface area (Å²) in [6.45, 7) is 7.16. The molecule has 6 nitrogen and oxygen atoms in total. The van der Waals surface area contributed by atoms with Crippen molar-refractivity contribution in [3.63, 3.8) is 0 Å². The molecule has 4 saturated carbocycles. The molecule has 0 bridgehead atoms. The molecule has 0 aromatic carbocycles. The van der Waals surface area contributed by atoms with Crippen LogP contribution in [0, 0.1) is 45.3 Å². The molecule has 5 aliphatic carbocycles. The van der Waals surface area contributed by atoms with E-state index in [1.54, 1.807) is 0 Å². The number of carbonyl (C=O) groups excluding carboxylic acids is 3. The molecule has 0 spiro atoms. The van der Waals surface area contributed by atoms with Crippen LogP contribution < -0.4 is 0 Å². The molecule has 9 atom stereocenters. The van der Waals surface area contributed by atoms with Crippen LogP contribution in [0.2, 0.25) is 0 Å². The molecule has 5 aliphatic rings. The van der Waals surface area contributed by atoms with E-state index in [1.807, 2.05) is 20.8 Å². The molecule has 4 fully saturated rings. The van der Waals surface area contributed by atoms with E-state index in [4.69, 9.17) is 11.6 Å². The van der Waals surface area contributed by atoms with Gasteiger partial charge in [0.15, 0.2) is 0 Å². The van der Waals surface area contributed by atoms with Crippen LogP contribution in [0.3, 0.4) is 0 Å². The highest BCUT2D eigenvalue weighted by Crippen LogP contribution is 2.87. The van der Waals surface area contributed by atoms with E-state index in [0.717, 1.165) is 0 Å². The average Bonchev–Trinajstić information content (AvgIpc) is 3.00. The van der Waals surface area contributed by atoms with Crippen molar-refractivity contribution in [2.75, 3.05) is 0 Å². The predicted octanol–water partition coefficient (Wildman–Crippen LogP) is 2.70. The Morgan fingerprint density at radius 3 is 2.29 bits per heavy atom. The fourth-order valence-corrected chi connectivity index (χ4v) is 9.59. The lowest BCUT2D eigenvalue weighted by Gasteiger charge is -2.60. The van der Waals surface area contributed by atoms with Crippen molar-refractivity contribution in [1.82, 2.24) is 0 Å². The zero-order valence-electron chi connectivity index (χ0n) is 17.9. The highest BCUT2D eigenvalue weighted by Gasteiger charge is 2.88. The maximum atomic E-state index is 15.5. The van der Waals surface area contributed by atoms with Crippen molar-refractivity contribution >= 4 is 34.9 Å². The van der Waals surface area contributed by atoms with Crippen LogP contribution in [0.15, 0.2) is 10.6 Å². The van der Waals surface area contributed by atoms with Gasteiger partial charge in [-0.15, -0.1) is 0 Å². The van der Waals surface area contributed by atoms with Crippen LogP contribution in [0.25, 0.3) is 0 Å². The number of carboxylic acid groups (broad SMARTS) is 1. The van der Waals surface area contributed by atoms with E-state index in [2.05, 4.69) is 0 Å². The average molecular weight is 453 g/mol. The van der Waals surface area contributed by atoms with Crippen LogP contribution in [0.4, 0.5) is 4.39 Å². The quantitative estimate of drug-likeness (QED) is 0.592. The SMILES string of the molecule is CC1(C)[C@@H]2C[C@H]3[C@@H]4C[C@H](F)C5=C(Cl)C(=O)C(=O)C(=O)[C@]5(C)[C@H]4[C@@H](O)C[C@]3(C)[C@@]21C(=O)O. The summed E-state index contributed by atoms with van der Waals surface area (Å²) in [5.41, 5.74) is -4.12. The Morgan fingerprint density at radius 1 is 1.10 bits per heavy atom. The lowest BCUT2D eigenvalue weighted by Crippen LogP contribution is -2.64. The first-order valence-electron chi connectivity index (χ1n) is 10.8. The van der Waals surface area contributed by atoms with Crippen molar-refractivity contribution in [3.05, 3.63) is 10.6 Å². The van der Waals surface area contributed by atoms with Crippen LogP contribution in [-0.4, -0.2) is 45.8 Å². The third-order valence-corrected chi connectivity index (χ3v) is 10.6. The number of aliphatic carboxylic acids is 1. The highest BCUT2D eigenvalue weighted by atomic mass is 35.5.